The summed E-state index contributed by atoms with van der Waals surface area (Å²) in [7, 11) is 1.72. The van der Waals surface area contributed by atoms with Gasteiger partial charge in [0.25, 0.3) is 0 Å². The maximum absolute atomic E-state index is 13.2. The minimum absolute atomic E-state index is 0. The minimum Gasteiger partial charge on any atom is -0.356 e. The Morgan fingerprint density at radius 1 is 1.11 bits per heavy atom. The van der Waals surface area contributed by atoms with Crippen LogP contribution in [0.5, 0.6) is 0 Å². The van der Waals surface area contributed by atoms with E-state index in [4.69, 9.17) is 4.52 Å². The first-order valence-corrected chi connectivity index (χ1v) is 8.86. The molecule has 0 aliphatic heterocycles. The van der Waals surface area contributed by atoms with Gasteiger partial charge in [0.1, 0.15) is 11.5 Å². The molecule has 2 N–H and O–H groups in total. The molecule has 0 saturated heterocycles. The maximum atomic E-state index is 13.2. The van der Waals surface area contributed by atoms with Gasteiger partial charge in [-0.1, -0.05) is 41.6 Å². The van der Waals surface area contributed by atoms with E-state index < -0.39 is 0 Å². The summed E-state index contributed by atoms with van der Waals surface area (Å²) in [5, 5.41) is 10.6. The number of guanidine groups is 1. The lowest BCUT2D eigenvalue weighted by Gasteiger charge is -2.11. The first kappa shape index (κ1) is 21.9. The number of benzene rings is 2. The molecule has 3 rings (SSSR count). The summed E-state index contributed by atoms with van der Waals surface area (Å²) in [5.74, 6) is 1.21. The molecule has 1 heterocycles. The summed E-state index contributed by atoms with van der Waals surface area (Å²) in [4.78, 5) is 4.21. The second-order valence-corrected chi connectivity index (χ2v) is 6.22. The molecule has 0 amide bonds. The molecule has 0 aliphatic carbocycles. The van der Waals surface area contributed by atoms with E-state index in [0.29, 0.717) is 19.0 Å². The van der Waals surface area contributed by atoms with E-state index in [1.165, 1.54) is 6.07 Å². The number of hydrogen-bond acceptors (Lipinski definition) is 3. The zero-order valence-corrected chi connectivity index (χ0v) is 18.2. The van der Waals surface area contributed by atoms with Gasteiger partial charge in [0, 0.05) is 25.2 Å². The molecule has 1 aromatic heterocycles. The number of aromatic nitrogens is 1. The van der Waals surface area contributed by atoms with Gasteiger partial charge in [-0.05, 0) is 36.6 Å². The van der Waals surface area contributed by atoms with Crippen LogP contribution in [0, 0.1) is 12.7 Å². The fourth-order valence-corrected chi connectivity index (χ4v) is 2.78. The molecular formula is C21H24FIN4O. The van der Waals surface area contributed by atoms with Gasteiger partial charge in [0.15, 0.2) is 11.7 Å². The fraction of sp³-hybridized carbons (Fsp3) is 0.238. The van der Waals surface area contributed by atoms with Gasteiger partial charge in [-0.25, -0.2) is 4.39 Å². The van der Waals surface area contributed by atoms with Gasteiger partial charge >= 0.3 is 0 Å². The number of hydrogen-bond donors (Lipinski definition) is 2. The molecule has 0 bridgehead atoms. The molecule has 0 aliphatic rings. The molecule has 0 fully saturated rings. The Balaban J connectivity index is 0.00000280. The van der Waals surface area contributed by atoms with Crippen LogP contribution in [0.1, 0.15) is 16.8 Å². The zero-order chi connectivity index (χ0) is 19.1. The number of nitrogens with one attached hydrogen (secondary N) is 2. The molecule has 2 aromatic carbocycles. The van der Waals surface area contributed by atoms with Crippen LogP contribution in [0.25, 0.3) is 11.3 Å². The lowest BCUT2D eigenvalue weighted by atomic mass is 10.1. The Kier molecular flexibility index (Phi) is 8.43. The Labute approximate surface area is 181 Å². The number of aliphatic imine (C=N–C) groups is 1. The Hall–Kier alpha value is -2.42. The van der Waals surface area contributed by atoms with Crippen LogP contribution in [0.15, 0.2) is 64.1 Å². The highest BCUT2D eigenvalue weighted by Crippen LogP contribution is 2.19. The largest absolute Gasteiger partial charge is 0.356 e. The van der Waals surface area contributed by atoms with E-state index in [1.54, 1.807) is 13.1 Å². The molecule has 28 heavy (non-hydrogen) atoms. The van der Waals surface area contributed by atoms with Gasteiger partial charge in [-0.2, -0.15) is 0 Å². The summed E-state index contributed by atoms with van der Waals surface area (Å²) in [6, 6.07) is 16.6. The Morgan fingerprint density at radius 2 is 1.89 bits per heavy atom. The molecule has 0 spiro atoms. The van der Waals surface area contributed by atoms with Crippen LogP contribution in [0.4, 0.5) is 4.39 Å². The van der Waals surface area contributed by atoms with Crippen LogP contribution in [0.3, 0.4) is 0 Å². The number of halogens is 2. The summed E-state index contributed by atoms with van der Waals surface area (Å²) in [5.41, 5.74) is 3.86. The minimum atomic E-state index is -0.204. The molecule has 0 atom stereocenters. The number of rotatable bonds is 6. The topological polar surface area (TPSA) is 62.5 Å². The van der Waals surface area contributed by atoms with Gasteiger partial charge in [0.05, 0.1) is 6.54 Å². The highest BCUT2D eigenvalue weighted by Gasteiger charge is 2.07. The first-order valence-electron chi connectivity index (χ1n) is 8.86. The third-order valence-corrected chi connectivity index (χ3v) is 4.27. The van der Waals surface area contributed by atoms with E-state index in [-0.39, 0.29) is 29.8 Å². The van der Waals surface area contributed by atoms with Gasteiger partial charge in [-0.3, -0.25) is 4.99 Å². The van der Waals surface area contributed by atoms with Crippen LogP contribution >= 0.6 is 24.0 Å². The molecule has 5 nitrogen and oxygen atoms in total. The highest BCUT2D eigenvalue weighted by atomic mass is 127. The molecule has 0 unspecified atom stereocenters. The third kappa shape index (κ3) is 6.05. The third-order valence-electron chi connectivity index (χ3n) is 4.27. The van der Waals surface area contributed by atoms with E-state index >= 15 is 0 Å². The summed E-state index contributed by atoms with van der Waals surface area (Å²) >= 11 is 0. The lowest BCUT2D eigenvalue weighted by Crippen LogP contribution is -2.38. The lowest BCUT2D eigenvalue weighted by molar-refractivity contribution is 0.422. The van der Waals surface area contributed by atoms with Crippen molar-refractivity contribution in [1.29, 1.82) is 0 Å². The number of nitrogens with zero attached hydrogens (tertiary/aromatic N) is 2. The van der Waals surface area contributed by atoms with Crippen molar-refractivity contribution in [3.8, 4) is 11.3 Å². The average Bonchev–Trinajstić information content (AvgIpc) is 3.16. The van der Waals surface area contributed by atoms with Crippen molar-refractivity contribution >= 4 is 29.9 Å². The smallest absolute Gasteiger partial charge is 0.191 e. The molecule has 3 aromatic rings. The van der Waals surface area contributed by atoms with E-state index in [0.717, 1.165) is 34.6 Å². The van der Waals surface area contributed by atoms with Crippen molar-refractivity contribution in [2.75, 3.05) is 13.6 Å². The summed E-state index contributed by atoms with van der Waals surface area (Å²) in [6.07, 6.45) is 0.787. The normalized spacial score (nSPS) is 11.0. The standard InChI is InChI=1S/C21H23FN4O.HI/c1-15-12-18(22)9-8-16(15)10-11-24-21(23-2)25-14-19-13-20(27-26-19)17-6-4-3-5-7-17;/h3-9,12-13H,10-11,14H2,1-2H3,(H2,23,24,25);1H. The predicted molar refractivity (Wildman–Crippen MR) is 120 cm³/mol. The van der Waals surface area contributed by atoms with Crippen LogP contribution in [0.2, 0.25) is 0 Å². The SMILES string of the molecule is CN=C(NCCc1ccc(F)cc1C)NCc1cc(-c2ccccc2)on1.I. The van der Waals surface area contributed by atoms with E-state index in [2.05, 4.69) is 20.8 Å². The quantitative estimate of drug-likeness (QED) is 0.305. The van der Waals surface area contributed by atoms with Crippen LogP contribution in [-0.2, 0) is 13.0 Å². The van der Waals surface area contributed by atoms with Crippen molar-refractivity contribution in [3.05, 3.63) is 77.2 Å². The summed E-state index contributed by atoms with van der Waals surface area (Å²) < 4.78 is 18.6. The van der Waals surface area contributed by atoms with Gasteiger partial charge < -0.3 is 15.2 Å². The molecule has 0 radical (unpaired) electrons. The van der Waals surface area contributed by atoms with Crippen molar-refractivity contribution < 1.29 is 8.91 Å². The van der Waals surface area contributed by atoms with E-state index in [1.807, 2.05) is 49.4 Å². The van der Waals surface area contributed by atoms with Crippen molar-refractivity contribution in [2.24, 2.45) is 4.99 Å². The molecular weight excluding hydrogens is 470 g/mol. The fourth-order valence-electron chi connectivity index (χ4n) is 2.78. The monoisotopic (exact) mass is 494 g/mol. The average molecular weight is 494 g/mol. The maximum Gasteiger partial charge on any atom is 0.191 e. The first-order chi connectivity index (χ1) is 13.2. The van der Waals surface area contributed by atoms with Crippen molar-refractivity contribution in [3.63, 3.8) is 0 Å². The zero-order valence-electron chi connectivity index (χ0n) is 15.9. The summed E-state index contributed by atoms with van der Waals surface area (Å²) in [6.45, 7) is 3.12. The Bertz CT molecular complexity index is 912. The van der Waals surface area contributed by atoms with Crippen LogP contribution in [-0.4, -0.2) is 24.7 Å². The number of aryl methyl sites for hydroxylation is 1. The predicted octanol–water partition coefficient (Wildman–Crippen LogP) is 4.31. The van der Waals surface area contributed by atoms with Crippen molar-refractivity contribution in [1.82, 2.24) is 15.8 Å². The second-order valence-electron chi connectivity index (χ2n) is 6.22. The van der Waals surface area contributed by atoms with E-state index in [9.17, 15) is 4.39 Å². The van der Waals surface area contributed by atoms with Crippen molar-refractivity contribution in [2.45, 2.75) is 19.9 Å². The highest BCUT2D eigenvalue weighted by molar-refractivity contribution is 14.0. The van der Waals surface area contributed by atoms with Gasteiger partial charge in [0.2, 0.25) is 0 Å². The van der Waals surface area contributed by atoms with Crippen LogP contribution < -0.4 is 10.6 Å². The molecule has 7 heteroatoms. The molecule has 148 valence electrons. The molecule has 0 saturated carbocycles. The van der Waals surface area contributed by atoms with Gasteiger partial charge in [-0.15, -0.1) is 24.0 Å². The second kappa shape index (κ2) is 10.8. The Morgan fingerprint density at radius 3 is 2.61 bits per heavy atom.